The molecule has 1 N–H and O–H groups in total. The van der Waals surface area contributed by atoms with E-state index in [4.69, 9.17) is 0 Å². The average molecular weight is 250 g/mol. The number of halogens is 1. The van der Waals surface area contributed by atoms with E-state index >= 15 is 0 Å². The molecule has 0 aromatic heterocycles. The maximum atomic E-state index is 13.2. The van der Waals surface area contributed by atoms with Gasteiger partial charge in [0.15, 0.2) is 0 Å². The highest BCUT2D eigenvalue weighted by atomic mass is 19.1. The van der Waals surface area contributed by atoms with Crippen molar-refractivity contribution in [2.24, 2.45) is 5.92 Å². The Morgan fingerprint density at radius 1 is 1.28 bits per heavy atom. The van der Waals surface area contributed by atoms with Crippen LogP contribution in [0.4, 0.5) is 4.39 Å². The molecule has 1 nitrogen and oxygen atoms in total. The highest BCUT2D eigenvalue weighted by Gasteiger charge is 2.17. The largest absolute Gasteiger partial charge is 0.388 e. The first kappa shape index (κ1) is 13.5. The van der Waals surface area contributed by atoms with Crippen LogP contribution in [-0.2, 0) is 0 Å². The van der Waals surface area contributed by atoms with Crippen LogP contribution >= 0.6 is 0 Å². The lowest BCUT2D eigenvalue weighted by atomic mass is 9.84. The van der Waals surface area contributed by atoms with Gasteiger partial charge in [0.2, 0.25) is 0 Å². The summed E-state index contributed by atoms with van der Waals surface area (Å²) < 4.78 is 13.2. The Labute approximate surface area is 109 Å². The summed E-state index contributed by atoms with van der Waals surface area (Å²) in [4.78, 5) is 0. The maximum absolute atomic E-state index is 13.2. The predicted octanol–water partition coefficient (Wildman–Crippen LogP) is 4.53. The van der Waals surface area contributed by atoms with E-state index in [9.17, 15) is 9.50 Å². The van der Waals surface area contributed by atoms with Crippen LogP contribution in [0.15, 0.2) is 18.2 Å². The number of rotatable bonds is 4. The molecule has 0 spiro atoms. The van der Waals surface area contributed by atoms with Gasteiger partial charge in [-0.2, -0.15) is 0 Å². The quantitative estimate of drug-likeness (QED) is 0.832. The van der Waals surface area contributed by atoms with Crippen LogP contribution < -0.4 is 0 Å². The van der Waals surface area contributed by atoms with Gasteiger partial charge in [-0.05, 0) is 48.9 Å². The molecule has 0 amide bonds. The molecular weight excluding hydrogens is 227 g/mol. The minimum Gasteiger partial charge on any atom is -0.388 e. The SMILES string of the molecule is Cc1ccc(F)cc1C(O)CCC1CCCCC1. The van der Waals surface area contributed by atoms with Gasteiger partial charge in [0.1, 0.15) is 5.82 Å². The summed E-state index contributed by atoms with van der Waals surface area (Å²) in [7, 11) is 0. The van der Waals surface area contributed by atoms with Crippen molar-refractivity contribution < 1.29 is 9.50 Å². The Morgan fingerprint density at radius 3 is 2.72 bits per heavy atom. The molecule has 0 aliphatic heterocycles. The fourth-order valence-electron chi connectivity index (χ4n) is 3.00. The smallest absolute Gasteiger partial charge is 0.123 e. The highest BCUT2D eigenvalue weighted by molar-refractivity contribution is 5.28. The van der Waals surface area contributed by atoms with Crippen molar-refractivity contribution in [3.05, 3.63) is 35.1 Å². The molecule has 2 heteroatoms. The summed E-state index contributed by atoms with van der Waals surface area (Å²) in [6.07, 6.45) is 7.94. The lowest BCUT2D eigenvalue weighted by Crippen LogP contribution is -2.09. The summed E-state index contributed by atoms with van der Waals surface area (Å²) in [5.41, 5.74) is 1.73. The molecule has 18 heavy (non-hydrogen) atoms. The van der Waals surface area contributed by atoms with Crippen molar-refractivity contribution in [1.29, 1.82) is 0 Å². The van der Waals surface area contributed by atoms with Crippen LogP contribution in [-0.4, -0.2) is 5.11 Å². The van der Waals surface area contributed by atoms with Crippen LogP contribution in [0.1, 0.15) is 62.2 Å². The summed E-state index contributed by atoms with van der Waals surface area (Å²) in [5, 5.41) is 10.2. The van der Waals surface area contributed by atoms with E-state index in [1.54, 1.807) is 6.07 Å². The molecule has 2 rings (SSSR count). The second-order valence-corrected chi connectivity index (χ2v) is 5.60. The molecule has 0 radical (unpaired) electrons. The van der Waals surface area contributed by atoms with Gasteiger partial charge in [0.05, 0.1) is 6.10 Å². The number of hydrogen-bond acceptors (Lipinski definition) is 1. The van der Waals surface area contributed by atoms with Crippen LogP contribution in [0, 0.1) is 18.7 Å². The van der Waals surface area contributed by atoms with Gasteiger partial charge in [0, 0.05) is 0 Å². The van der Waals surface area contributed by atoms with E-state index in [1.807, 2.05) is 6.92 Å². The van der Waals surface area contributed by atoms with Crippen molar-refractivity contribution >= 4 is 0 Å². The van der Waals surface area contributed by atoms with Gasteiger partial charge < -0.3 is 5.11 Å². The summed E-state index contributed by atoms with van der Waals surface area (Å²) in [6.45, 7) is 1.93. The van der Waals surface area contributed by atoms with Crippen molar-refractivity contribution in [3.8, 4) is 0 Å². The van der Waals surface area contributed by atoms with Crippen LogP contribution in [0.2, 0.25) is 0 Å². The Morgan fingerprint density at radius 2 is 2.00 bits per heavy atom. The summed E-state index contributed by atoms with van der Waals surface area (Å²) in [5.74, 6) is 0.509. The van der Waals surface area contributed by atoms with Crippen LogP contribution in [0.3, 0.4) is 0 Å². The van der Waals surface area contributed by atoms with E-state index in [0.29, 0.717) is 0 Å². The number of aliphatic hydroxyl groups excluding tert-OH is 1. The fraction of sp³-hybridized carbons (Fsp3) is 0.625. The van der Waals surface area contributed by atoms with E-state index in [0.717, 1.165) is 29.9 Å². The monoisotopic (exact) mass is 250 g/mol. The van der Waals surface area contributed by atoms with E-state index in [-0.39, 0.29) is 5.82 Å². The molecule has 1 aromatic rings. The lowest BCUT2D eigenvalue weighted by molar-refractivity contribution is 0.150. The van der Waals surface area contributed by atoms with Crippen LogP contribution in [0.25, 0.3) is 0 Å². The van der Waals surface area contributed by atoms with E-state index in [1.165, 1.54) is 44.2 Å². The van der Waals surface area contributed by atoms with Crippen molar-refractivity contribution in [1.82, 2.24) is 0 Å². The van der Waals surface area contributed by atoms with Gasteiger partial charge in [0.25, 0.3) is 0 Å². The third kappa shape index (κ3) is 3.55. The third-order valence-corrected chi connectivity index (χ3v) is 4.17. The van der Waals surface area contributed by atoms with E-state index in [2.05, 4.69) is 0 Å². The van der Waals surface area contributed by atoms with Gasteiger partial charge in [-0.25, -0.2) is 4.39 Å². The highest BCUT2D eigenvalue weighted by Crippen LogP contribution is 2.31. The Hall–Kier alpha value is -0.890. The molecule has 1 aliphatic rings. The molecule has 1 saturated carbocycles. The number of aryl methyl sites for hydroxylation is 1. The zero-order valence-corrected chi connectivity index (χ0v) is 11.2. The maximum Gasteiger partial charge on any atom is 0.123 e. The number of hydrogen-bond donors (Lipinski definition) is 1. The zero-order valence-electron chi connectivity index (χ0n) is 11.2. The van der Waals surface area contributed by atoms with Gasteiger partial charge >= 0.3 is 0 Å². The molecule has 0 heterocycles. The first-order chi connectivity index (χ1) is 8.66. The van der Waals surface area contributed by atoms with Crippen molar-refractivity contribution in [2.45, 2.75) is 58.0 Å². The molecule has 1 atom stereocenters. The second-order valence-electron chi connectivity index (χ2n) is 5.60. The molecule has 0 bridgehead atoms. The summed E-state index contributed by atoms with van der Waals surface area (Å²) >= 11 is 0. The normalized spacial score (nSPS) is 18.8. The average Bonchev–Trinajstić information content (AvgIpc) is 2.40. The fourth-order valence-corrected chi connectivity index (χ4v) is 3.00. The summed E-state index contributed by atoms with van der Waals surface area (Å²) in [6, 6.07) is 4.67. The standard InChI is InChI=1S/C16H23FO/c1-12-7-9-14(17)11-15(12)16(18)10-8-13-5-3-2-4-6-13/h7,9,11,13,16,18H,2-6,8,10H2,1H3. The minimum atomic E-state index is -0.511. The van der Waals surface area contributed by atoms with Crippen molar-refractivity contribution in [3.63, 3.8) is 0 Å². The third-order valence-electron chi connectivity index (χ3n) is 4.17. The topological polar surface area (TPSA) is 20.2 Å². The van der Waals surface area contributed by atoms with Gasteiger partial charge in [-0.3, -0.25) is 0 Å². The Bertz CT molecular complexity index is 383. The second kappa shape index (κ2) is 6.33. The first-order valence-corrected chi connectivity index (χ1v) is 7.11. The van der Waals surface area contributed by atoms with Gasteiger partial charge in [-0.15, -0.1) is 0 Å². The van der Waals surface area contributed by atoms with Crippen molar-refractivity contribution in [2.75, 3.05) is 0 Å². The molecule has 1 fully saturated rings. The zero-order chi connectivity index (χ0) is 13.0. The predicted molar refractivity (Wildman–Crippen MR) is 71.9 cm³/mol. The van der Waals surface area contributed by atoms with E-state index < -0.39 is 6.10 Å². The first-order valence-electron chi connectivity index (χ1n) is 7.11. The molecular formula is C16H23FO. The number of benzene rings is 1. The number of aliphatic hydroxyl groups is 1. The molecule has 1 aromatic carbocycles. The molecule has 0 saturated heterocycles. The molecule has 100 valence electrons. The minimum absolute atomic E-state index is 0.257. The van der Waals surface area contributed by atoms with Crippen LogP contribution in [0.5, 0.6) is 0 Å². The Kier molecular flexibility index (Phi) is 4.76. The van der Waals surface area contributed by atoms with Gasteiger partial charge in [-0.1, -0.05) is 38.2 Å². The Balaban J connectivity index is 1.90. The molecule has 1 aliphatic carbocycles. The lowest BCUT2D eigenvalue weighted by Gasteiger charge is -2.23. The molecule has 1 unspecified atom stereocenters.